The van der Waals surface area contributed by atoms with Crippen molar-refractivity contribution in [3.8, 4) is 5.75 Å². The van der Waals surface area contributed by atoms with E-state index in [0.717, 1.165) is 22.4 Å². The quantitative estimate of drug-likeness (QED) is 0.773. The monoisotopic (exact) mass is 335 g/mol. The van der Waals surface area contributed by atoms with Crippen LogP contribution in [0.5, 0.6) is 5.75 Å². The number of benzene rings is 2. The van der Waals surface area contributed by atoms with Crippen molar-refractivity contribution in [2.75, 3.05) is 12.4 Å². The molecule has 1 N–H and O–H groups in total. The molecule has 0 bridgehead atoms. The first-order valence-electron chi connectivity index (χ1n) is 8.10. The first-order valence-corrected chi connectivity index (χ1v) is 8.10. The largest absolute Gasteiger partial charge is 0.490 e. The van der Waals surface area contributed by atoms with E-state index in [0.29, 0.717) is 12.5 Å². The van der Waals surface area contributed by atoms with Crippen LogP contribution in [-0.4, -0.2) is 16.7 Å². The van der Waals surface area contributed by atoms with Gasteiger partial charge in [-0.1, -0.05) is 42.5 Å². The molecule has 0 saturated heterocycles. The second kappa shape index (κ2) is 7.21. The van der Waals surface area contributed by atoms with E-state index in [1.165, 1.54) is 7.11 Å². The standard InChI is InChI=1S/C20H21N3O2/c1-14-9-10-15(2)17(11-14)21-20-22-19(24)18(25-3)13-23(20)12-16-7-5-4-6-8-16/h4-11,13H,12H2,1-3H3,(H,21,22,24). The number of nitrogens with zero attached hydrogens (tertiary/aromatic N) is 2. The van der Waals surface area contributed by atoms with Gasteiger partial charge in [0.15, 0.2) is 0 Å². The number of hydrogen-bond donors (Lipinski definition) is 1. The summed E-state index contributed by atoms with van der Waals surface area (Å²) >= 11 is 0. The lowest BCUT2D eigenvalue weighted by Crippen LogP contribution is -2.19. The van der Waals surface area contributed by atoms with Gasteiger partial charge in [0.25, 0.3) is 0 Å². The summed E-state index contributed by atoms with van der Waals surface area (Å²) in [7, 11) is 1.48. The van der Waals surface area contributed by atoms with Crippen LogP contribution in [0.2, 0.25) is 0 Å². The van der Waals surface area contributed by atoms with Crippen molar-refractivity contribution in [1.82, 2.24) is 9.55 Å². The van der Waals surface area contributed by atoms with Gasteiger partial charge >= 0.3 is 5.56 Å². The van der Waals surface area contributed by atoms with E-state index in [1.807, 2.05) is 60.9 Å². The number of rotatable bonds is 5. The Morgan fingerprint density at radius 1 is 1.12 bits per heavy atom. The third-order valence-corrected chi connectivity index (χ3v) is 4.02. The zero-order chi connectivity index (χ0) is 17.8. The number of ether oxygens (including phenoxy) is 1. The lowest BCUT2D eigenvalue weighted by atomic mass is 10.1. The molecule has 0 aliphatic heterocycles. The van der Waals surface area contributed by atoms with E-state index >= 15 is 0 Å². The highest BCUT2D eigenvalue weighted by Gasteiger charge is 2.11. The van der Waals surface area contributed by atoms with Gasteiger partial charge in [-0.2, -0.15) is 4.98 Å². The van der Waals surface area contributed by atoms with Crippen molar-refractivity contribution >= 4 is 11.6 Å². The Bertz CT molecular complexity index is 933. The van der Waals surface area contributed by atoms with Gasteiger partial charge in [-0.15, -0.1) is 0 Å². The van der Waals surface area contributed by atoms with Crippen LogP contribution in [0, 0.1) is 13.8 Å². The number of methoxy groups -OCH3 is 1. The molecule has 0 spiro atoms. The molecule has 0 unspecified atom stereocenters. The van der Waals surface area contributed by atoms with Crippen molar-refractivity contribution in [2.45, 2.75) is 20.4 Å². The van der Waals surface area contributed by atoms with Crippen LogP contribution < -0.4 is 15.6 Å². The van der Waals surface area contributed by atoms with Crippen LogP contribution >= 0.6 is 0 Å². The lowest BCUT2D eigenvalue weighted by Gasteiger charge is -2.16. The second-order valence-electron chi connectivity index (χ2n) is 5.99. The normalized spacial score (nSPS) is 10.5. The SMILES string of the molecule is COc1cn(Cc2ccccc2)c(Nc2cc(C)ccc2C)nc1=O. The Balaban J connectivity index is 2.03. The lowest BCUT2D eigenvalue weighted by molar-refractivity contribution is 0.402. The minimum atomic E-state index is -0.389. The van der Waals surface area contributed by atoms with Gasteiger partial charge in [0.2, 0.25) is 11.7 Å². The summed E-state index contributed by atoms with van der Waals surface area (Å²) in [6.45, 7) is 4.63. The predicted octanol–water partition coefficient (Wildman–Crippen LogP) is 3.66. The molecule has 0 amide bonds. The Morgan fingerprint density at radius 2 is 1.88 bits per heavy atom. The number of anilines is 2. The summed E-state index contributed by atoms with van der Waals surface area (Å²) < 4.78 is 7.03. The molecule has 3 aromatic rings. The maximum absolute atomic E-state index is 12.1. The van der Waals surface area contributed by atoms with E-state index < -0.39 is 0 Å². The van der Waals surface area contributed by atoms with Crippen molar-refractivity contribution in [2.24, 2.45) is 0 Å². The first kappa shape index (κ1) is 16.8. The molecular weight excluding hydrogens is 314 g/mol. The third kappa shape index (κ3) is 3.88. The van der Waals surface area contributed by atoms with Crippen LogP contribution in [0.4, 0.5) is 11.6 Å². The van der Waals surface area contributed by atoms with Crippen LogP contribution in [0.15, 0.2) is 59.5 Å². The molecule has 25 heavy (non-hydrogen) atoms. The molecule has 1 heterocycles. The third-order valence-electron chi connectivity index (χ3n) is 4.02. The number of nitrogens with one attached hydrogen (secondary N) is 1. The molecule has 0 saturated carbocycles. The predicted molar refractivity (Wildman–Crippen MR) is 99.8 cm³/mol. The molecular formula is C20H21N3O2. The van der Waals surface area contributed by atoms with Gasteiger partial charge in [-0.05, 0) is 36.6 Å². The molecule has 128 valence electrons. The molecule has 3 rings (SSSR count). The van der Waals surface area contributed by atoms with E-state index in [1.54, 1.807) is 6.20 Å². The van der Waals surface area contributed by atoms with Crippen LogP contribution in [-0.2, 0) is 6.54 Å². The average Bonchev–Trinajstić information content (AvgIpc) is 2.61. The summed E-state index contributed by atoms with van der Waals surface area (Å²) in [5.74, 6) is 0.714. The van der Waals surface area contributed by atoms with E-state index in [9.17, 15) is 4.79 Å². The molecule has 0 aliphatic carbocycles. The molecule has 5 heteroatoms. The Labute approximate surface area is 146 Å². The molecule has 5 nitrogen and oxygen atoms in total. The van der Waals surface area contributed by atoms with Gasteiger partial charge in [-0.3, -0.25) is 4.79 Å². The molecule has 0 radical (unpaired) electrons. The van der Waals surface area contributed by atoms with Gasteiger partial charge < -0.3 is 14.6 Å². The molecule has 0 fully saturated rings. The van der Waals surface area contributed by atoms with Gasteiger partial charge in [0.05, 0.1) is 19.9 Å². The summed E-state index contributed by atoms with van der Waals surface area (Å²) in [6.07, 6.45) is 1.69. The summed E-state index contributed by atoms with van der Waals surface area (Å²) in [5, 5.41) is 3.29. The van der Waals surface area contributed by atoms with Crippen LogP contribution in [0.25, 0.3) is 0 Å². The van der Waals surface area contributed by atoms with E-state index in [-0.39, 0.29) is 11.3 Å². The minimum Gasteiger partial charge on any atom is -0.490 e. The molecule has 0 aliphatic rings. The summed E-state index contributed by atoms with van der Waals surface area (Å²) in [6, 6.07) is 16.2. The fraction of sp³-hybridized carbons (Fsp3) is 0.200. The van der Waals surface area contributed by atoms with Crippen LogP contribution in [0.1, 0.15) is 16.7 Å². The minimum absolute atomic E-state index is 0.224. The Morgan fingerprint density at radius 3 is 2.60 bits per heavy atom. The van der Waals surface area contributed by atoms with Gasteiger partial charge in [0, 0.05) is 5.69 Å². The highest BCUT2D eigenvalue weighted by Crippen LogP contribution is 2.21. The number of aryl methyl sites for hydroxylation is 2. The van der Waals surface area contributed by atoms with Gasteiger partial charge in [-0.25, -0.2) is 0 Å². The molecule has 1 aromatic heterocycles. The van der Waals surface area contributed by atoms with Crippen molar-refractivity contribution in [3.63, 3.8) is 0 Å². The van der Waals surface area contributed by atoms with Crippen molar-refractivity contribution in [1.29, 1.82) is 0 Å². The zero-order valence-corrected chi connectivity index (χ0v) is 14.6. The fourth-order valence-electron chi connectivity index (χ4n) is 2.60. The molecule has 0 atom stereocenters. The van der Waals surface area contributed by atoms with Crippen molar-refractivity contribution < 1.29 is 4.74 Å². The van der Waals surface area contributed by atoms with Crippen molar-refractivity contribution in [3.05, 3.63) is 81.8 Å². The topological polar surface area (TPSA) is 56.1 Å². The average molecular weight is 335 g/mol. The smallest absolute Gasteiger partial charge is 0.316 e. The highest BCUT2D eigenvalue weighted by molar-refractivity contribution is 5.59. The van der Waals surface area contributed by atoms with Crippen LogP contribution in [0.3, 0.4) is 0 Å². The second-order valence-corrected chi connectivity index (χ2v) is 5.99. The Hall–Kier alpha value is -3.08. The van der Waals surface area contributed by atoms with Gasteiger partial charge in [0.1, 0.15) is 0 Å². The molecule has 2 aromatic carbocycles. The first-order chi connectivity index (χ1) is 12.1. The van der Waals surface area contributed by atoms with E-state index in [4.69, 9.17) is 4.74 Å². The maximum atomic E-state index is 12.1. The Kier molecular flexibility index (Phi) is 4.84. The zero-order valence-electron chi connectivity index (χ0n) is 14.6. The summed E-state index contributed by atoms with van der Waals surface area (Å²) in [5.41, 5.74) is 3.87. The number of hydrogen-bond acceptors (Lipinski definition) is 4. The fourth-order valence-corrected chi connectivity index (χ4v) is 2.60. The number of aromatic nitrogens is 2. The maximum Gasteiger partial charge on any atom is 0.316 e. The van der Waals surface area contributed by atoms with E-state index in [2.05, 4.69) is 16.4 Å². The summed E-state index contributed by atoms with van der Waals surface area (Å²) in [4.78, 5) is 16.3. The highest BCUT2D eigenvalue weighted by atomic mass is 16.5.